The Hall–Kier alpha value is -2.31. The lowest BCUT2D eigenvalue weighted by atomic mass is 10.1. The van der Waals surface area contributed by atoms with Crippen molar-refractivity contribution in [1.82, 2.24) is 15.0 Å². The summed E-state index contributed by atoms with van der Waals surface area (Å²) in [5, 5.41) is 5.63. The Morgan fingerprint density at radius 2 is 1.96 bits per heavy atom. The zero-order chi connectivity index (χ0) is 16.4. The zero-order valence-corrected chi connectivity index (χ0v) is 14.1. The summed E-state index contributed by atoms with van der Waals surface area (Å²) in [5.41, 5.74) is 3.69. The fraction of sp³-hybridized carbons (Fsp3) is 0.125. The van der Waals surface area contributed by atoms with Crippen LogP contribution in [0.3, 0.4) is 0 Å². The van der Waals surface area contributed by atoms with Gasteiger partial charge in [0, 0.05) is 22.8 Å². The monoisotopic (exact) mass is 344 g/mol. The van der Waals surface area contributed by atoms with Crippen LogP contribution in [0.4, 0.5) is 5.13 Å². The van der Waals surface area contributed by atoms with E-state index in [-0.39, 0.29) is 5.91 Å². The number of aromatic nitrogens is 3. The molecule has 0 aromatic carbocycles. The molecule has 0 aliphatic heterocycles. The number of amides is 1. The van der Waals surface area contributed by atoms with Crippen molar-refractivity contribution in [3.63, 3.8) is 0 Å². The van der Waals surface area contributed by atoms with Crippen LogP contribution in [0.1, 0.15) is 21.9 Å². The molecule has 1 N–H and O–H groups in total. The van der Waals surface area contributed by atoms with Crippen LogP contribution in [0.2, 0.25) is 5.15 Å². The number of carbonyl (C=O) groups is 1. The average molecular weight is 345 g/mol. The second-order valence-corrected chi connectivity index (χ2v) is 6.25. The van der Waals surface area contributed by atoms with Crippen molar-refractivity contribution in [2.75, 3.05) is 5.32 Å². The van der Waals surface area contributed by atoms with Crippen molar-refractivity contribution in [1.29, 1.82) is 0 Å². The summed E-state index contributed by atoms with van der Waals surface area (Å²) < 4.78 is 0. The average Bonchev–Trinajstić information content (AvgIpc) is 2.92. The van der Waals surface area contributed by atoms with Crippen molar-refractivity contribution in [2.45, 2.75) is 13.8 Å². The predicted octanol–water partition coefficient (Wildman–Crippen LogP) is 4.12. The van der Waals surface area contributed by atoms with Gasteiger partial charge in [-0.15, -0.1) is 11.3 Å². The number of nitrogens with zero attached hydrogens (tertiary/aromatic N) is 3. The van der Waals surface area contributed by atoms with Gasteiger partial charge >= 0.3 is 0 Å². The van der Waals surface area contributed by atoms with Gasteiger partial charge in [-0.1, -0.05) is 11.6 Å². The molecule has 3 heterocycles. The van der Waals surface area contributed by atoms with Crippen LogP contribution >= 0.6 is 22.9 Å². The van der Waals surface area contributed by atoms with Gasteiger partial charge in [-0.3, -0.25) is 10.1 Å². The van der Waals surface area contributed by atoms with Gasteiger partial charge in [-0.2, -0.15) is 0 Å². The number of nitrogens with one attached hydrogen (secondary N) is 1. The van der Waals surface area contributed by atoms with Crippen molar-refractivity contribution in [3.8, 4) is 11.1 Å². The molecule has 0 radical (unpaired) electrons. The molecule has 5 nitrogen and oxygen atoms in total. The van der Waals surface area contributed by atoms with Gasteiger partial charge < -0.3 is 0 Å². The van der Waals surface area contributed by atoms with Gasteiger partial charge in [0.2, 0.25) is 0 Å². The smallest absolute Gasteiger partial charge is 0.276 e. The van der Waals surface area contributed by atoms with E-state index >= 15 is 0 Å². The van der Waals surface area contributed by atoms with E-state index in [0.717, 1.165) is 22.5 Å². The maximum atomic E-state index is 12.4. The van der Waals surface area contributed by atoms with Gasteiger partial charge in [0.05, 0.1) is 5.69 Å². The first-order valence-electron chi connectivity index (χ1n) is 6.85. The fourth-order valence-corrected chi connectivity index (χ4v) is 2.87. The first kappa shape index (κ1) is 15.6. The second-order valence-electron chi connectivity index (χ2n) is 5.00. The molecule has 0 aliphatic carbocycles. The van der Waals surface area contributed by atoms with Crippen LogP contribution in [-0.2, 0) is 0 Å². The van der Waals surface area contributed by atoms with E-state index in [2.05, 4.69) is 20.3 Å². The summed E-state index contributed by atoms with van der Waals surface area (Å²) in [6.45, 7) is 3.72. The van der Waals surface area contributed by atoms with E-state index < -0.39 is 0 Å². The minimum Gasteiger partial charge on any atom is -0.296 e. The highest BCUT2D eigenvalue weighted by atomic mass is 35.5. The van der Waals surface area contributed by atoms with Crippen LogP contribution in [0.15, 0.2) is 35.8 Å². The molecule has 0 spiro atoms. The van der Waals surface area contributed by atoms with Gasteiger partial charge in [-0.05, 0) is 43.7 Å². The Kier molecular flexibility index (Phi) is 4.36. The highest BCUT2D eigenvalue weighted by Crippen LogP contribution is 2.22. The van der Waals surface area contributed by atoms with E-state index in [1.54, 1.807) is 18.3 Å². The molecule has 0 saturated carbocycles. The second kappa shape index (κ2) is 6.44. The molecular weight excluding hydrogens is 332 g/mol. The number of pyridine rings is 2. The lowest BCUT2D eigenvalue weighted by Gasteiger charge is -2.07. The minimum absolute atomic E-state index is 0.286. The SMILES string of the molecule is Cc1cc(-c2ccc(Cl)nc2)cc(C(=O)Nc2nc(C)cs2)n1. The largest absolute Gasteiger partial charge is 0.296 e. The number of aryl methyl sites for hydroxylation is 2. The molecule has 116 valence electrons. The fourth-order valence-electron chi connectivity index (χ4n) is 2.07. The maximum Gasteiger partial charge on any atom is 0.276 e. The van der Waals surface area contributed by atoms with Gasteiger partial charge in [-0.25, -0.2) is 15.0 Å². The summed E-state index contributed by atoms with van der Waals surface area (Å²) in [7, 11) is 0. The third-order valence-electron chi connectivity index (χ3n) is 3.09. The summed E-state index contributed by atoms with van der Waals surface area (Å²) in [4.78, 5) is 25.0. The Morgan fingerprint density at radius 3 is 2.61 bits per heavy atom. The lowest BCUT2D eigenvalue weighted by molar-refractivity contribution is 0.102. The third kappa shape index (κ3) is 3.72. The zero-order valence-electron chi connectivity index (χ0n) is 12.5. The highest BCUT2D eigenvalue weighted by molar-refractivity contribution is 7.13. The maximum absolute atomic E-state index is 12.4. The standard InChI is InChI=1S/C16H13ClN4OS/c1-9-5-12(11-3-4-14(17)18-7-11)6-13(19-9)15(22)21-16-20-10(2)8-23-16/h3-8H,1-2H3,(H,20,21,22). The number of halogens is 1. The minimum atomic E-state index is -0.286. The number of anilines is 1. The third-order valence-corrected chi connectivity index (χ3v) is 4.19. The molecule has 1 amide bonds. The molecule has 3 rings (SSSR count). The van der Waals surface area contributed by atoms with E-state index in [0.29, 0.717) is 16.0 Å². The summed E-state index contributed by atoms with van der Waals surface area (Å²) in [6, 6.07) is 7.20. The van der Waals surface area contributed by atoms with Crippen LogP contribution in [0, 0.1) is 13.8 Å². The molecule has 0 fully saturated rings. The van der Waals surface area contributed by atoms with E-state index in [1.165, 1.54) is 11.3 Å². The summed E-state index contributed by atoms with van der Waals surface area (Å²) in [5.74, 6) is -0.286. The first-order chi connectivity index (χ1) is 11.0. The number of hydrogen-bond donors (Lipinski definition) is 1. The van der Waals surface area contributed by atoms with Crippen LogP contribution in [0.25, 0.3) is 11.1 Å². The normalized spacial score (nSPS) is 10.6. The van der Waals surface area contributed by atoms with E-state index in [1.807, 2.05) is 31.4 Å². The Bertz CT molecular complexity index is 861. The number of rotatable bonds is 3. The molecule has 0 bridgehead atoms. The molecule has 3 aromatic rings. The quantitative estimate of drug-likeness (QED) is 0.725. The molecule has 3 aromatic heterocycles. The van der Waals surface area contributed by atoms with Gasteiger partial charge in [0.15, 0.2) is 5.13 Å². The topological polar surface area (TPSA) is 67.8 Å². The van der Waals surface area contributed by atoms with Gasteiger partial charge in [0.25, 0.3) is 5.91 Å². The lowest BCUT2D eigenvalue weighted by Crippen LogP contribution is -2.14. The van der Waals surface area contributed by atoms with Crippen molar-refractivity contribution >= 4 is 34.0 Å². The number of thiazole rings is 1. The molecule has 0 saturated heterocycles. The molecule has 0 atom stereocenters. The van der Waals surface area contributed by atoms with Crippen LogP contribution < -0.4 is 5.32 Å². The predicted molar refractivity (Wildman–Crippen MR) is 92.0 cm³/mol. The highest BCUT2D eigenvalue weighted by Gasteiger charge is 2.12. The van der Waals surface area contributed by atoms with E-state index in [4.69, 9.17) is 11.6 Å². The summed E-state index contributed by atoms with van der Waals surface area (Å²) in [6.07, 6.45) is 1.67. The van der Waals surface area contributed by atoms with Crippen molar-refractivity contribution < 1.29 is 4.79 Å². The number of hydrogen-bond acceptors (Lipinski definition) is 5. The molecule has 23 heavy (non-hydrogen) atoms. The molecular formula is C16H13ClN4OS. The Labute approximate surface area is 142 Å². The molecule has 0 aliphatic rings. The van der Waals surface area contributed by atoms with Crippen LogP contribution in [0.5, 0.6) is 0 Å². The Balaban J connectivity index is 1.90. The molecule has 7 heteroatoms. The Morgan fingerprint density at radius 1 is 1.13 bits per heavy atom. The van der Waals surface area contributed by atoms with Crippen molar-refractivity contribution in [3.05, 3.63) is 58.1 Å². The first-order valence-corrected chi connectivity index (χ1v) is 8.11. The summed E-state index contributed by atoms with van der Waals surface area (Å²) >= 11 is 7.19. The number of carbonyl (C=O) groups excluding carboxylic acids is 1. The van der Waals surface area contributed by atoms with Crippen LogP contribution in [-0.4, -0.2) is 20.9 Å². The van der Waals surface area contributed by atoms with Crippen molar-refractivity contribution in [2.24, 2.45) is 0 Å². The molecule has 0 unspecified atom stereocenters. The van der Waals surface area contributed by atoms with E-state index in [9.17, 15) is 4.79 Å². The van der Waals surface area contributed by atoms with Gasteiger partial charge in [0.1, 0.15) is 10.8 Å².